The van der Waals surface area contributed by atoms with Gasteiger partial charge in [-0.25, -0.2) is 0 Å². The lowest BCUT2D eigenvalue weighted by Crippen LogP contribution is -2.51. The molecule has 0 aromatic rings. The van der Waals surface area contributed by atoms with Gasteiger partial charge in [-0.2, -0.15) is 17.0 Å². The Morgan fingerprint density at radius 1 is 0.857 bits per heavy atom. The maximum Gasteiger partial charge on any atom is 0.281 e. The molecule has 8 heteroatoms. The Kier molecular flexibility index (Phi) is 7.75. The first-order valence-electron chi connectivity index (χ1n) is 11.2. The van der Waals surface area contributed by atoms with E-state index < -0.39 is 10.2 Å². The number of likely N-dealkylation sites (tertiary alicyclic amines) is 1. The van der Waals surface area contributed by atoms with Gasteiger partial charge in [-0.05, 0) is 52.4 Å². The van der Waals surface area contributed by atoms with Crippen molar-refractivity contribution >= 4 is 16.1 Å². The molecule has 3 aliphatic heterocycles. The third-order valence-electron chi connectivity index (χ3n) is 6.84. The van der Waals surface area contributed by atoms with Crippen molar-refractivity contribution < 1.29 is 13.2 Å². The zero-order valence-electron chi connectivity index (χ0n) is 17.6. The Balaban J connectivity index is 1.41. The number of amides is 1. The summed E-state index contributed by atoms with van der Waals surface area (Å²) in [6, 6.07) is 1.17. The van der Waals surface area contributed by atoms with Gasteiger partial charge in [-0.15, -0.1) is 0 Å². The molecule has 3 fully saturated rings. The second kappa shape index (κ2) is 9.87. The molecule has 0 aromatic carbocycles. The van der Waals surface area contributed by atoms with E-state index in [9.17, 15) is 13.2 Å². The van der Waals surface area contributed by atoms with Crippen molar-refractivity contribution in [2.24, 2.45) is 5.92 Å². The molecule has 7 nitrogen and oxygen atoms in total. The van der Waals surface area contributed by atoms with Crippen LogP contribution in [0.15, 0.2) is 0 Å². The Morgan fingerprint density at radius 2 is 1.43 bits per heavy atom. The SMILES string of the molecule is C[C@@H]1CCC[C@H](C)N1CCNC(=O)C1CCN(S(=O)(=O)N2CCCCC2)CC1. The molecular formula is C20H38N4O3S. The van der Waals surface area contributed by atoms with Gasteiger partial charge in [0, 0.05) is 57.3 Å². The van der Waals surface area contributed by atoms with Crippen LogP contribution in [0.25, 0.3) is 0 Å². The van der Waals surface area contributed by atoms with Crippen LogP contribution in [0, 0.1) is 5.92 Å². The minimum absolute atomic E-state index is 0.0657. The van der Waals surface area contributed by atoms with Crippen molar-refractivity contribution in [1.82, 2.24) is 18.8 Å². The minimum Gasteiger partial charge on any atom is -0.355 e. The summed E-state index contributed by atoms with van der Waals surface area (Å²) in [5.74, 6) is 0.0244. The lowest BCUT2D eigenvalue weighted by molar-refractivity contribution is -0.126. The van der Waals surface area contributed by atoms with Gasteiger partial charge >= 0.3 is 0 Å². The molecule has 3 rings (SSSR count). The number of piperidine rings is 3. The number of nitrogens with one attached hydrogen (secondary N) is 1. The van der Waals surface area contributed by atoms with Gasteiger partial charge in [0.05, 0.1) is 0 Å². The van der Waals surface area contributed by atoms with Crippen molar-refractivity contribution in [1.29, 1.82) is 0 Å². The van der Waals surface area contributed by atoms with E-state index >= 15 is 0 Å². The van der Waals surface area contributed by atoms with E-state index in [-0.39, 0.29) is 11.8 Å². The average Bonchev–Trinajstić information content (AvgIpc) is 2.71. The Hall–Kier alpha value is -0.700. The lowest BCUT2D eigenvalue weighted by atomic mass is 9.97. The fourth-order valence-electron chi connectivity index (χ4n) is 4.98. The van der Waals surface area contributed by atoms with E-state index in [4.69, 9.17) is 0 Å². The van der Waals surface area contributed by atoms with E-state index in [0.717, 1.165) is 25.8 Å². The summed E-state index contributed by atoms with van der Waals surface area (Å²) in [4.78, 5) is 15.1. The van der Waals surface area contributed by atoms with E-state index in [1.807, 2.05) is 0 Å². The highest BCUT2D eigenvalue weighted by Crippen LogP contribution is 2.24. The monoisotopic (exact) mass is 414 g/mol. The molecule has 2 atom stereocenters. The molecule has 0 radical (unpaired) electrons. The molecule has 0 aliphatic carbocycles. The van der Waals surface area contributed by atoms with Gasteiger partial charge < -0.3 is 5.32 Å². The molecule has 162 valence electrons. The quantitative estimate of drug-likeness (QED) is 0.719. The van der Waals surface area contributed by atoms with Crippen LogP contribution in [0.3, 0.4) is 0 Å². The van der Waals surface area contributed by atoms with Crippen LogP contribution in [-0.4, -0.2) is 79.2 Å². The number of carbonyl (C=O) groups is 1. The normalized spacial score (nSPS) is 29.6. The summed E-state index contributed by atoms with van der Waals surface area (Å²) in [6.45, 7) is 8.31. The highest BCUT2D eigenvalue weighted by molar-refractivity contribution is 7.86. The first-order valence-corrected chi connectivity index (χ1v) is 12.6. The molecule has 0 bridgehead atoms. The molecule has 0 spiro atoms. The highest BCUT2D eigenvalue weighted by Gasteiger charge is 2.35. The van der Waals surface area contributed by atoms with Gasteiger partial charge in [0.1, 0.15) is 0 Å². The molecule has 1 N–H and O–H groups in total. The maximum atomic E-state index is 12.8. The molecule has 0 aromatic heterocycles. The van der Waals surface area contributed by atoms with E-state index in [1.165, 1.54) is 19.3 Å². The van der Waals surface area contributed by atoms with Crippen molar-refractivity contribution in [2.45, 2.75) is 77.3 Å². The van der Waals surface area contributed by atoms with E-state index in [2.05, 4.69) is 24.1 Å². The molecule has 0 unspecified atom stereocenters. The largest absolute Gasteiger partial charge is 0.355 e. The average molecular weight is 415 g/mol. The van der Waals surface area contributed by atoms with E-state index in [0.29, 0.717) is 57.6 Å². The van der Waals surface area contributed by atoms with Crippen LogP contribution in [0.5, 0.6) is 0 Å². The Bertz CT molecular complexity index is 603. The number of rotatable bonds is 6. The molecule has 28 heavy (non-hydrogen) atoms. The maximum absolute atomic E-state index is 12.8. The summed E-state index contributed by atoms with van der Waals surface area (Å²) >= 11 is 0. The van der Waals surface area contributed by atoms with Gasteiger partial charge in [0.2, 0.25) is 5.91 Å². The van der Waals surface area contributed by atoms with Crippen LogP contribution < -0.4 is 5.32 Å². The highest BCUT2D eigenvalue weighted by atomic mass is 32.2. The number of carbonyl (C=O) groups excluding carboxylic acids is 1. The van der Waals surface area contributed by atoms with Gasteiger partial charge in [-0.1, -0.05) is 12.8 Å². The predicted molar refractivity (Wildman–Crippen MR) is 111 cm³/mol. The topological polar surface area (TPSA) is 73.0 Å². The van der Waals surface area contributed by atoms with Crippen molar-refractivity contribution in [3.63, 3.8) is 0 Å². The molecule has 0 saturated carbocycles. The fourth-order valence-corrected chi connectivity index (χ4v) is 6.69. The number of nitrogens with zero attached hydrogens (tertiary/aromatic N) is 3. The van der Waals surface area contributed by atoms with Gasteiger partial charge in [0.25, 0.3) is 10.2 Å². The predicted octanol–water partition coefficient (Wildman–Crippen LogP) is 1.81. The first-order chi connectivity index (χ1) is 13.4. The molecule has 3 aliphatic rings. The van der Waals surface area contributed by atoms with Crippen LogP contribution in [0.4, 0.5) is 0 Å². The Morgan fingerprint density at radius 3 is 2.04 bits per heavy atom. The zero-order chi connectivity index (χ0) is 20.1. The number of hydrogen-bond acceptors (Lipinski definition) is 4. The number of hydrogen-bond donors (Lipinski definition) is 1. The van der Waals surface area contributed by atoms with Crippen LogP contribution in [0.1, 0.15) is 65.2 Å². The molecule has 3 saturated heterocycles. The fraction of sp³-hybridized carbons (Fsp3) is 0.950. The third kappa shape index (κ3) is 5.26. The molecule has 1 amide bonds. The van der Waals surface area contributed by atoms with Gasteiger partial charge in [0.15, 0.2) is 0 Å². The van der Waals surface area contributed by atoms with Crippen molar-refractivity contribution in [2.75, 3.05) is 39.3 Å². The van der Waals surface area contributed by atoms with Gasteiger partial charge in [-0.3, -0.25) is 9.69 Å². The zero-order valence-corrected chi connectivity index (χ0v) is 18.4. The second-order valence-corrected chi connectivity index (χ2v) is 10.7. The van der Waals surface area contributed by atoms with Crippen molar-refractivity contribution in [3.05, 3.63) is 0 Å². The second-order valence-electron chi connectivity index (χ2n) is 8.80. The summed E-state index contributed by atoms with van der Waals surface area (Å²) in [5.41, 5.74) is 0. The van der Waals surface area contributed by atoms with Crippen LogP contribution in [-0.2, 0) is 15.0 Å². The summed E-state index contributed by atoms with van der Waals surface area (Å²) in [7, 11) is -3.35. The van der Waals surface area contributed by atoms with Crippen LogP contribution in [0.2, 0.25) is 0 Å². The minimum atomic E-state index is -3.35. The lowest BCUT2D eigenvalue weighted by Gasteiger charge is -2.39. The first kappa shape index (κ1) is 22.0. The Labute approximate surface area is 171 Å². The van der Waals surface area contributed by atoms with Crippen LogP contribution >= 0.6 is 0 Å². The summed E-state index contributed by atoms with van der Waals surface area (Å²) in [5, 5.41) is 3.10. The van der Waals surface area contributed by atoms with E-state index in [1.54, 1.807) is 8.61 Å². The van der Waals surface area contributed by atoms with Crippen molar-refractivity contribution in [3.8, 4) is 0 Å². The standard InChI is InChI=1S/C20H38N4O3S/c1-17-7-6-8-18(2)24(17)16-11-21-20(25)19-9-14-23(15-10-19)28(26,27)22-12-4-3-5-13-22/h17-19H,3-16H2,1-2H3,(H,21,25)/t17-,18+. The summed E-state index contributed by atoms with van der Waals surface area (Å²) in [6.07, 6.45) is 8.03. The smallest absolute Gasteiger partial charge is 0.281 e. The molecular weight excluding hydrogens is 376 g/mol. The third-order valence-corrected chi connectivity index (χ3v) is 8.87. The molecule has 3 heterocycles. The summed E-state index contributed by atoms with van der Waals surface area (Å²) < 4.78 is 28.7.